The number of aryl methyl sites for hydroxylation is 4. The van der Waals surface area contributed by atoms with Crippen molar-refractivity contribution in [2.75, 3.05) is 15.9 Å². The first-order valence-electron chi connectivity index (χ1n) is 8.99. The Hall–Kier alpha value is -2.34. The van der Waals surface area contributed by atoms with Crippen molar-refractivity contribution in [1.82, 2.24) is 0 Å². The second-order valence-electron chi connectivity index (χ2n) is 7.08. The molecule has 2 aromatic rings. The fourth-order valence-electron chi connectivity index (χ4n) is 3.16. The summed E-state index contributed by atoms with van der Waals surface area (Å²) in [7, 11) is -3.65. The Labute approximate surface area is 162 Å². The first-order valence-corrected chi connectivity index (χ1v) is 10.8. The van der Waals surface area contributed by atoms with E-state index in [0.29, 0.717) is 17.8 Å². The van der Waals surface area contributed by atoms with Crippen LogP contribution in [-0.2, 0) is 14.8 Å². The zero-order chi connectivity index (χ0) is 20.4. The molecule has 1 N–H and O–H groups in total. The molecule has 0 aliphatic rings. The minimum atomic E-state index is -3.65. The lowest BCUT2D eigenvalue weighted by molar-refractivity contribution is -0.117. The van der Waals surface area contributed by atoms with Crippen molar-refractivity contribution in [3.05, 3.63) is 58.7 Å². The van der Waals surface area contributed by atoms with E-state index in [2.05, 4.69) is 5.32 Å². The van der Waals surface area contributed by atoms with Gasteiger partial charge in [0.15, 0.2) is 0 Å². The van der Waals surface area contributed by atoms with Crippen LogP contribution in [0.4, 0.5) is 11.4 Å². The first-order chi connectivity index (χ1) is 12.5. The minimum Gasteiger partial charge on any atom is -0.324 e. The van der Waals surface area contributed by atoms with Crippen LogP contribution >= 0.6 is 0 Å². The van der Waals surface area contributed by atoms with Gasteiger partial charge in [-0.25, -0.2) is 8.42 Å². The van der Waals surface area contributed by atoms with Gasteiger partial charge in [-0.05, 0) is 62.9 Å². The highest BCUT2D eigenvalue weighted by molar-refractivity contribution is 7.92. The monoisotopic (exact) mass is 388 g/mol. The molecule has 6 heteroatoms. The van der Waals surface area contributed by atoms with Gasteiger partial charge in [-0.15, -0.1) is 0 Å². The van der Waals surface area contributed by atoms with Gasteiger partial charge in [-0.1, -0.05) is 36.8 Å². The van der Waals surface area contributed by atoms with E-state index in [1.165, 1.54) is 4.31 Å². The molecule has 5 nitrogen and oxygen atoms in total. The lowest BCUT2D eigenvalue weighted by Gasteiger charge is -2.31. The molecule has 0 aliphatic carbocycles. The van der Waals surface area contributed by atoms with Crippen LogP contribution in [-0.4, -0.2) is 26.6 Å². The van der Waals surface area contributed by atoms with Gasteiger partial charge in [0.25, 0.3) is 0 Å². The molecular weight excluding hydrogens is 360 g/mol. The number of carbonyl (C=O) groups is 1. The van der Waals surface area contributed by atoms with Crippen LogP contribution in [0.5, 0.6) is 0 Å². The van der Waals surface area contributed by atoms with Crippen molar-refractivity contribution in [3.63, 3.8) is 0 Å². The van der Waals surface area contributed by atoms with Crippen molar-refractivity contribution >= 4 is 27.3 Å². The number of hydrogen-bond donors (Lipinski definition) is 1. The first kappa shape index (κ1) is 21.0. The number of nitrogens with one attached hydrogen (secondary N) is 1. The number of rotatable bonds is 6. The van der Waals surface area contributed by atoms with Crippen molar-refractivity contribution in [1.29, 1.82) is 0 Å². The third kappa shape index (κ3) is 4.89. The van der Waals surface area contributed by atoms with E-state index in [-0.39, 0.29) is 5.91 Å². The molecule has 1 atom stereocenters. The number of carbonyl (C=O) groups excluding carboxylic acids is 1. The molecule has 0 aliphatic heterocycles. The smallest absolute Gasteiger partial charge is 0.248 e. The van der Waals surface area contributed by atoms with Gasteiger partial charge in [0.05, 0.1) is 11.9 Å². The van der Waals surface area contributed by atoms with Gasteiger partial charge in [0.1, 0.15) is 6.04 Å². The highest BCUT2D eigenvalue weighted by atomic mass is 32.2. The Balaban J connectivity index is 2.46. The van der Waals surface area contributed by atoms with E-state index in [1.807, 2.05) is 71.0 Å². The normalized spacial score (nSPS) is 12.5. The largest absolute Gasteiger partial charge is 0.324 e. The molecule has 0 spiro atoms. The highest BCUT2D eigenvalue weighted by Gasteiger charge is 2.32. The lowest BCUT2D eigenvalue weighted by Crippen LogP contribution is -2.47. The minimum absolute atomic E-state index is 0.337. The van der Waals surface area contributed by atoms with Gasteiger partial charge in [0.2, 0.25) is 15.9 Å². The molecular formula is C21H28N2O3S. The van der Waals surface area contributed by atoms with Crippen LogP contribution in [0, 0.1) is 27.7 Å². The van der Waals surface area contributed by atoms with Crippen LogP contribution in [0.3, 0.4) is 0 Å². The maximum atomic E-state index is 13.0. The van der Waals surface area contributed by atoms with Gasteiger partial charge < -0.3 is 5.32 Å². The molecule has 2 rings (SSSR count). The van der Waals surface area contributed by atoms with Crippen molar-refractivity contribution in [2.45, 2.75) is 47.1 Å². The Kier molecular flexibility index (Phi) is 6.31. The van der Waals surface area contributed by atoms with E-state index < -0.39 is 16.1 Å². The van der Waals surface area contributed by atoms with Crippen molar-refractivity contribution in [2.24, 2.45) is 0 Å². The number of amides is 1. The van der Waals surface area contributed by atoms with E-state index in [9.17, 15) is 13.2 Å². The van der Waals surface area contributed by atoms with Crippen LogP contribution in [0.2, 0.25) is 0 Å². The fraction of sp³-hybridized carbons (Fsp3) is 0.381. The van der Waals surface area contributed by atoms with Crippen LogP contribution < -0.4 is 9.62 Å². The standard InChI is InChI=1S/C21H28N2O3S/c1-7-19(21(24)22-18-11-9-14(2)12-17(18)5)23(27(6,25)26)20-13-15(3)8-10-16(20)4/h8-13,19H,7H2,1-6H3,(H,22,24). The van der Waals surface area contributed by atoms with Gasteiger partial charge in [-0.2, -0.15) is 0 Å². The van der Waals surface area contributed by atoms with Gasteiger partial charge in [0, 0.05) is 5.69 Å². The zero-order valence-corrected chi connectivity index (χ0v) is 17.6. The molecule has 0 heterocycles. The summed E-state index contributed by atoms with van der Waals surface area (Å²) in [5.74, 6) is -0.337. The third-order valence-electron chi connectivity index (χ3n) is 4.57. The quantitative estimate of drug-likeness (QED) is 0.810. The molecule has 146 valence electrons. The van der Waals surface area contributed by atoms with E-state index in [0.717, 1.165) is 28.5 Å². The SMILES string of the molecule is CCC(C(=O)Nc1ccc(C)cc1C)N(c1cc(C)ccc1C)S(C)(=O)=O. The fourth-order valence-corrected chi connectivity index (χ4v) is 4.42. The topological polar surface area (TPSA) is 66.5 Å². The lowest BCUT2D eigenvalue weighted by atomic mass is 10.1. The predicted octanol–water partition coefficient (Wildman–Crippen LogP) is 4.10. The molecule has 0 fully saturated rings. The second kappa shape index (κ2) is 8.13. The summed E-state index contributed by atoms with van der Waals surface area (Å²) in [6.45, 7) is 9.47. The summed E-state index contributed by atoms with van der Waals surface area (Å²) in [6, 6.07) is 10.5. The number of benzene rings is 2. The summed E-state index contributed by atoms with van der Waals surface area (Å²) in [5.41, 5.74) is 5.03. The zero-order valence-electron chi connectivity index (χ0n) is 16.8. The number of anilines is 2. The van der Waals surface area contributed by atoms with Crippen molar-refractivity contribution < 1.29 is 13.2 Å². The summed E-state index contributed by atoms with van der Waals surface area (Å²) in [6.07, 6.45) is 1.50. The average molecular weight is 389 g/mol. The Morgan fingerprint density at radius 1 is 1.00 bits per heavy atom. The van der Waals surface area contributed by atoms with Crippen molar-refractivity contribution in [3.8, 4) is 0 Å². The number of sulfonamides is 1. The summed E-state index contributed by atoms with van der Waals surface area (Å²) in [5, 5.41) is 2.90. The predicted molar refractivity (Wildman–Crippen MR) is 112 cm³/mol. The number of nitrogens with zero attached hydrogens (tertiary/aromatic N) is 1. The van der Waals surface area contributed by atoms with Gasteiger partial charge in [-0.3, -0.25) is 9.10 Å². The Morgan fingerprint density at radius 3 is 2.15 bits per heavy atom. The molecule has 0 radical (unpaired) electrons. The highest BCUT2D eigenvalue weighted by Crippen LogP contribution is 2.28. The maximum Gasteiger partial charge on any atom is 0.248 e. The Bertz CT molecular complexity index is 952. The van der Waals surface area contributed by atoms with E-state index >= 15 is 0 Å². The third-order valence-corrected chi connectivity index (χ3v) is 5.74. The molecule has 27 heavy (non-hydrogen) atoms. The molecule has 0 saturated carbocycles. The summed E-state index contributed by atoms with van der Waals surface area (Å²) in [4.78, 5) is 13.0. The summed E-state index contributed by atoms with van der Waals surface area (Å²) < 4.78 is 26.5. The molecule has 0 saturated heterocycles. The molecule has 0 aromatic heterocycles. The Morgan fingerprint density at radius 2 is 1.59 bits per heavy atom. The molecule has 1 unspecified atom stereocenters. The van der Waals surface area contributed by atoms with E-state index in [1.54, 1.807) is 0 Å². The van der Waals surface area contributed by atoms with Crippen LogP contribution in [0.1, 0.15) is 35.6 Å². The second-order valence-corrected chi connectivity index (χ2v) is 8.94. The number of hydrogen-bond acceptors (Lipinski definition) is 3. The van der Waals surface area contributed by atoms with Crippen LogP contribution in [0.15, 0.2) is 36.4 Å². The average Bonchev–Trinajstić information content (AvgIpc) is 2.56. The van der Waals surface area contributed by atoms with E-state index in [4.69, 9.17) is 0 Å². The maximum absolute atomic E-state index is 13.0. The summed E-state index contributed by atoms with van der Waals surface area (Å²) >= 11 is 0. The van der Waals surface area contributed by atoms with Gasteiger partial charge >= 0.3 is 0 Å². The molecule has 2 aromatic carbocycles. The molecule has 0 bridgehead atoms. The molecule has 1 amide bonds. The van der Waals surface area contributed by atoms with Crippen LogP contribution in [0.25, 0.3) is 0 Å².